The number of anilines is 1. The predicted octanol–water partition coefficient (Wildman–Crippen LogP) is 1.89. The summed E-state index contributed by atoms with van der Waals surface area (Å²) in [6.07, 6.45) is 5.99. The zero-order valence-corrected chi connectivity index (χ0v) is 14.9. The Morgan fingerprint density at radius 2 is 1.96 bits per heavy atom. The fourth-order valence-corrected chi connectivity index (χ4v) is 3.51. The summed E-state index contributed by atoms with van der Waals surface area (Å²) in [5, 5.41) is 12.3. The van der Waals surface area contributed by atoms with Gasteiger partial charge in [-0.15, -0.1) is 0 Å². The summed E-state index contributed by atoms with van der Waals surface area (Å²) < 4.78 is 9.21. The van der Waals surface area contributed by atoms with E-state index in [1.807, 2.05) is 42.7 Å². The molecule has 3 aromatic rings. The molecule has 4 rings (SSSR count). The van der Waals surface area contributed by atoms with Crippen LogP contribution in [0.15, 0.2) is 42.7 Å². The Bertz CT molecular complexity index is 821. The van der Waals surface area contributed by atoms with Crippen molar-refractivity contribution in [1.29, 1.82) is 0 Å². The van der Waals surface area contributed by atoms with E-state index < -0.39 is 0 Å². The highest BCUT2D eigenvalue weighted by molar-refractivity contribution is 5.40. The highest BCUT2D eigenvalue weighted by Gasteiger charge is 2.26. The van der Waals surface area contributed by atoms with Gasteiger partial charge in [0.25, 0.3) is 0 Å². The molecule has 8 heteroatoms. The number of piperidine rings is 1. The molecule has 0 radical (unpaired) electrons. The third kappa shape index (κ3) is 3.32. The maximum atomic E-state index is 5.20. The maximum Gasteiger partial charge on any atom is 0.250 e. The number of imidazole rings is 1. The first-order valence-corrected chi connectivity index (χ1v) is 8.95. The smallest absolute Gasteiger partial charge is 0.250 e. The number of hydrogen-bond acceptors (Lipinski definition) is 6. The van der Waals surface area contributed by atoms with Gasteiger partial charge in [-0.25, -0.2) is 4.98 Å². The highest BCUT2D eigenvalue weighted by atomic mass is 16.5. The fourth-order valence-electron chi connectivity index (χ4n) is 3.51. The number of para-hydroxylation sites is 1. The van der Waals surface area contributed by atoms with Gasteiger partial charge in [0.2, 0.25) is 5.95 Å². The Balaban J connectivity index is 1.45. The minimum atomic E-state index is 0.458. The van der Waals surface area contributed by atoms with Gasteiger partial charge in [-0.1, -0.05) is 23.3 Å². The van der Waals surface area contributed by atoms with E-state index in [4.69, 9.17) is 4.74 Å². The summed E-state index contributed by atoms with van der Waals surface area (Å²) in [7, 11) is 1.73. The molecule has 1 fully saturated rings. The van der Waals surface area contributed by atoms with E-state index in [1.165, 1.54) is 0 Å². The average Bonchev–Trinajstić information content (AvgIpc) is 3.37. The standard InChI is InChI=1S/C18H23N7O/c1-26-14-13-23-12-9-19-17(23)15-7-10-24(11-8-15)18-20-21-22-25(18)16-5-3-2-4-6-16/h2-6,9,12,15H,7-8,10-11,13-14H2,1H3. The Kier molecular flexibility index (Phi) is 4.92. The second-order valence-electron chi connectivity index (χ2n) is 6.46. The van der Waals surface area contributed by atoms with Gasteiger partial charge in [-0.2, -0.15) is 4.68 Å². The zero-order chi connectivity index (χ0) is 17.8. The number of benzene rings is 1. The van der Waals surface area contributed by atoms with Gasteiger partial charge in [0.05, 0.1) is 12.3 Å². The SMILES string of the molecule is COCCn1ccnc1C1CCN(c2nnnn2-c2ccccc2)CC1. The molecule has 0 amide bonds. The number of aromatic nitrogens is 6. The van der Waals surface area contributed by atoms with Gasteiger partial charge in [0, 0.05) is 45.1 Å². The van der Waals surface area contributed by atoms with Crippen molar-refractivity contribution in [2.24, 2.45) is 0 Å². The lowest BCUT2D eigenvalue weighted by Gasteiger charge is -2.32. The summed E-state index contributed by atoms with van der Waals surface area (Å²) in [5.41, 5.74) is 0.977. The van der Waals surface area contributed by atoms with E-state index >= 15 is 0 Å². The number of nitrogens with zero attached hydrogens (tertiary/aromatic N) is 7. The topological polar surface area (TPSA) is 73.9 Å². The second kappa shape index (κ2) is 7.65. The van der Waals surface area contributed by atoms with E-state index in [1.54, 1.807) is 11.8 Å². The number of ether oxygens (including phenoxy) is 1. The number of hydrogen-bond donors (Lipinski definition) is 0. The third-order valence-electron chi connectivity index (χ3n) is 4.88. The summed E-state index contributed by atoms with van der Waals surface area (Å²) in [5.74, 6) is 2.42. The number of tetrazole rings is 1. The normalized spacial score (nSPS) is 15.5. The Labute approximate surface area is 152 Å². The van der Waals surface area contributed by atoms with E-state index in [0.717, 1.165) is 49.9 Å². The van der Waals surface area contributed by atoms with Crippen LogP contribution in [0.2, 0.25) is 0 Å². The summed E-state index contributed by atoms with van der Waals surface area (Å²) in [6.45, 7) is 3.37. The Morgan fingerprint density at radius 1 is 1.15 bits per heavy atom. The summed E-state index contributed by atoms with van der Waals surface area (Å²) in [6, 6.07) is 10.0. The van der Waals surface area contributed by atoms with Gasteiger partial charge in [-0.05, 0) is 35.4 Å². The van der Waals surface area contributed by atoms with Crippen LogP contribution in [0.4, 0.5) is 5.95 Å². The van der Waals surface area contributed by atoms with E-state index in [2.05, 4.69) is 30.0 Å². The van der Waals surface area contributed by atoms with Crippen molar-refractivity contribution in [1.82, 2.24) is 29.8 Å². The van der Waals surface area contributed by atoms with Gasteiger partial charge >= 0.3 is 0 Å². The average molecular weight is 353 g/mol. The molecule has 0 atom stereocenters. The lowest BCUT2D eigenvalue weighted by molar-refractivity contribution is 0.185. The van der Waals surface area contributed by atoms with Crippen LogP contribution in [0, 0.1) is 0 Å². The molecule has 1 aromatic carbocycles. The molecule has 0 N–H and O–H groups in total. The van der Waals surface area contributed by atoms with Gasteiger partial charge in [0.1, 0.15) is 5.82 Å². The molecule has 0 spiro atoms. The van der Waals surface area contributed by atoms with E-state index in [-0.39, 0.29) is 0 Å². The minimum Gasteiger partial charge on any atom is -0.383 e. The molecular weight excluding hydrogens is 330 g/mol. The van der Waals surface area contributed by atoms with Crippen LogP contribution < -0.4 is 4.90 Å². The van der Waals surface area contributed by atoms with Crippen molar-refractivity contribution >= 4 is 5.95 Å². The van der Waals surface area contributed by atoms with Crippen LogP contribution in [0.3, 0.4) is 0 Å². The lowest BCUT2D eigenvalue weighted by Crippen LogP contribution is -2.35. The van der Waals surface area contributed by atoms with Crippen molar-refractivity contribution in [3.63, 3.8) is 0 Å². The van der Waals surface area contributed by atoms with Crippen molar-refractivity contribution < 1.29 is 4.74 Å². The first-order valence-electron chi connectivity index (χ1n) is 8.95. The fraction of sp³-hybridized carbons (Fsp3) is 0.444. The monoisotopic (exact) mass is 353 g/mol. The van der Waals surface area contributed by atoms with Gasteiger partial charge in [-0.3, -0.25) is 0 Å². The quantitative estimate of drug-likeness (QED) is 0.674. The van der Waals surface area contributed by atoms with Crippen molar-refractivity contribution in [3.8, 4) is 5.69 Å². The molecule has 136 valence electrons. The molecule has 26 heavy (non-hydrogen) atoms. The molecule has 1 saturated heterocycles. The maximum absolute atomic E-state index is 5.20. The van der Waals surface area contributed by atoms with Crippen LogP contribution >= 0.6 is 0 Å². The van der Waals surface area contributed by atoms with Crippen LogP contribution in [0.1, 0.15) is 24.6 Å². The molecule has 2 aromatic heterocycles. The predicted molar refractivity (Wildman–Crippen MR) is 97.4 cm³/mol. The van der Waals surface area contributed by atoms with Crippen molar-refractivity contribution in [3.05, 3.63) is 48.5 Å². The molecule has 1 aliphatic rings. The molecule has 0 unspecified atom stereocenters. The Hall–Kier alpha value is -2.74. The van der Waals surface area contributed by atoms with Crippen LogP contribution in [-0.2, 0) is 11.3 Å². The molecular formula is C18H23N7O. The minimum absolute atomic E-state index is 0.458. The lowest BCUT2D eigenvalue weighted by atomic mass is 9.96. The molecule has 0 bridgehead atoms. The third-order valence-corrected chi connectivity index (χ3v) is 4.88. The second-order valence-corrected chi connectivity index (χ2v) is 6.46. The summed E-state index contributed by atoms with van der Waals surface area (Å²) >= 11 is 0. The zero-order valence-electron chi connectivity index (χ0n) is 14.9. The molecule has 3 heterocycles. The molecule has 0 saturated carbocycles. The Morgan fingerprint density at radius 3 is 2.73 bits per heavy atom. The van der Waals surface area contributed by atoms with Crippen molar-refractivity contribution in [2.45, 2.75) is 25.3 Å². The number of methoxy groups -OCH3 is 1. The summed E-state index contributed by atoms with van der Waals surface area (Å²) in [4.78, 5) is 6.84. The number of rotatable bonds is 6. The first-order chi connectivity index (χ1) is 12.9. The van der Waals surface area contributed by atoms with E-state index in [9.17, 15) is 0 Å². The van der Waals surface area contributed by atoms with Crippen LogP contribution in [0.5, 0.6) is 0 Å². The van der Waals surface area contributed by atoms with Crippen molar-refractivity contribution in [2.75, 3.05) is 31.7 Å². The first kappa shape index (κ1) is 16.7. The molecule has 8 nitrogen and oxygen atoms in total. The van der Waals surface area contributed by atoms with E-state index in [0.29, 0.717) is 12.5 Å². The van der Waals surface area contributed by atoms with Crippen LogP contribution in [0.25, 0.3) is 5.69 Å². The molecule has 0 aliphatic carbocycles. The van der Waals surface area contributed by atoms with Gasteiger partial charge in [0.15, 0.2) is 0 Å². The largest absolute Gasteiger partial charge is 0.383 e. The molecule has 1 aliphatic heterocycles. The van der Waals surface area contributed by atoms with Gasteiger partial charge < -0.3 is 14.2 Å². The van der Waals surface area contributed by atoms with Crippen LogP contribution in [-0.4, -0.2) is 56.6 Å². The highest BCUT2D eigenvalue weighted by Crippen LogP contribution is 2.29.